The number of aryl methyl sites for hydroxylation is 2. The van der Waals surface area contributed by atoms with Gasteiger partial charge >= 0.3 is 0 Å². The number of halogens is 1. The second kappa shape index (κ2) is 9.14. The number of benzene rings is 2. The van der Waals surface area contributed by atoms with E-state index >= 15 is 0 Å². The molecule has 0 fully saturated rings. The van der Waals surface area contributed by atoms with Gasteiger partial charge in [0.05, 0.1) is 11.8 Å². The molecule has 0 heterocycles. The lowest BCUT2D eigenvalue weighted by Crippen LogP contribution is -2.29. The van der Waals surface area contributed by atoms with Gasteiger partial charge in [-0.15, -0.1) is 11.8 Å². The third-order valence-corrected chi connectivity index (χ3v) is 5.35. The highest BCUT2D eigenvalue weighted by Crippen LogP contribution is 2.20. The molecule has 1 N–H and O–H groups in total. The first kappa shape index (κ1) is 18.9. The van der Waals surface area contributed by atoms with Crippen LogP contribution in [0.15, 0.2) is 42.5 Å². The first-order valence-electron chi connectivity index (χ1n) is 8.18. The molecular formula is C20H24ClNOS. The van der Waals surface area contributed by atoms with E-state index in [0.717, 1.165) is 17.2 Å². The van der Waals surface area contributed by atoms with E-state index in [1.165, 1.54) is 22.3 Å². The van der Waals surface area contributed by atoms with Crippen LogP contribution in [0.3, 0.4) is 0 Å². The zero-order valence-corrected chi connectivity index (χ0v) is 16.0. The van der Waals surface area contributed by atoms with E-state index in [9.17, 15) is 4.79 Å². The lowest BCUT2D eigenvalue weighted by Gasteiger charge is -2.18. The molecule has 4 heteroatoms. The summed E-state index contributed by atoms with van der Waals surface area (Å²) in [6, 6.07) is 14.2. The van der Waals surface area contributed by atoms with Crippen LogP contribution in [0.2, 0.25) is 5.02 Å². The lowest BCUT2D eigenvalue weighted by atomic mass is 9.99. The van der Waals surface area contributed by atoms with E-state index in [-0.39, 0.29) is 11.9 Å². The zero-order valence-electron chi connectivity index (χ0n) is 14.4. The van der Waals surface area contributed by atoms with Crippen molar-refractivity contribution in [2.45, 2.75) is 39.0 Å². The lowest BCUT2D eigenvalue weighted by molar-refractivity contribution is -0.119. The van der Waals surface area contributed by atoms with Crippen molar-refractivity contribution in [3.63, 3.8) is 0 Å². The number of rotatable bonds is 7. The summed E-state index contributed by atoms with van der Waals surface area (Å²) in [5.74, 6) is 1.36. The van der Waals surface area contributed by atoms with E-state index in [0.29, 0.717) is 5.75 Å². The van der Waals surface area contributed by atoms with Gasteiger partial charge in [-0.2, -0.15) is 0 Å². The van der Waals surface area contributed by atoms with Gasteiger partial charge in [-0.05, 0) is 54.7 Å². The maximum Gasteiger partial charge on any atom is 0.230 e. The van der Waals surface area contributed by atoms with Gasteiger partial charge in [0.1, 0.15) is 0 Å². The highest BCUT2D eigenvalue weighted by molar-refractivity contribution is 7.99. The molecule has 2 aromatic rings. The van der Waals surface area contributed by atoms with Crippen LogP contribution in [-0.4, -0.2) is 11.7 Å². The Morgan fingerprint density at radius 1 is 1.12 bits per heavy atom. The summed E-state index contributed by atoms with van der Waals surface area (Å²) >= 11 is 7.50. The zero-order chi connectivity index (χ0) is 17.5. The Morgan fingerprint density at radius 3 is 2.46 bits per heavy atom. The summed E-state index contributed by atoms with van der Waals surface area (Å²) in [5.41, 5.74) is 4.89. The largest absolute Gasteiger partial charge is 0.349 e. The van der Waals surface area contributed by atoms with Crippen molar-refractivity contribution in [1.29, 1.82) is 0 Å². The minimum atomic E-state index is 0.0768. The number of amides is 1. The Bertz CT molecular complexity index is 685. The fourth-order valence-corrected chi connectivity index (χ4v) is 3.41. The standard InChI is InChI=1S/C20H24ClNOS/c1-4-19(17-8-5-14(2)15(3)11-17)22-20(23)13-24-12-16-6-9-18(21)10-7-16/h5-11,19H,4,12-13H2,1-3H3,(H,22,23)/t19-/m1/s1. The molecule has 0 aliphatic rings. The van der Waals surface area contributed by atoms with Crippen LogP contribution >= 0.6 is 23.4 Å². The molecular weight excluding hydrogens is 338 g/mol. The van der Waals surface area contributed by atoms with Crippen molar-refractivity contribution in [1.82, 2.24) is 5.32 Å². The van der Waals surface area contributed by atoms with Crippen molar-refractivity contribution in [3.05, 3.63) is 69.7 Å². The van der Waals surface area contributed by atoms with Crippen molar-refractivity contribution in [3.8, 4) is 0 Å². The summed E-state index contributed by atoms with van der Waals surface area (Å²) in [7, 11) is 0. The van der Waals surface area contributed by atoms with Crippen LogP contribution in [0.1, 0.15) is 41.6 Å². The van der Waals surface area contributed by atoms with Crippen molar-refractivity contribution in [2.24, 2.45) is 0 Å². The van der Waals surface area contributed by atoms with Crippen LogP contribution < -0.4 is 5.32 Å². The van der Waals surface area contributed by atoms with Gasteiger partial charge in [0.2, 0.25) is 5.91 Å². The Kier molecular flexibility index (Phi) is 7.19. The second-order valence-corrected chi connectivity index (χ2v) is 7.41. The smallest absolute Gasteiger partial charge is 0.230 e. The average molecular weight is 362 g/mol. The van der Waals surface area contributed by atoms with E-state index in [2.05, 4.69) is 44.3 Å². The molecule has 0 spiro atoms. The predicted molar refractivity (Wildman–Crippen MR) is 105 cm³/mol. The third kappa shape index (κ3) is 5.57. The summed E-state index contributed by atoms with van der Waals surface area (Å²) in [4.78, 5) is 12.2. The number of carbonyl (C=O) groups is 1. The molecule has 0 saturated carbocycles. The summed E-state index contributed by atoms with van der Waals surface area (Å²) in [6.07, 6.45) is 0.885. The molecule has 2 aromatic carbocycles. The van der Waals surface area contributed by atoms with Gasteiger partial charge in [0, 0.05) is 10.8 Å². The SMILES string of the molecule is CC[C@@H](NC(=O)CSCc1ccc(Cl)cc1)c1ccc(C)c(C)c1. The Morgan fingerprint density at radius 2 is 1.83 bits per heavy atom. The number of thioether (sulfide) groups is 1. The van der Waals surface area contributed by atoms with Gasteiger partial charge in [-0.25, -0.2) is 0 Å². The van der Waals surface area contributed by atoms with Gasteiger partial charge < -0.3 is 5.32 Å². The van der Waals surface area contributed by atoms with Crippen LogP contribution in [-0.2, 0) is 10.5 Å². The first-order chi connectivity index (χ1) is 11.5. The normalized spacial score (nSPS) is 12.0. The number of carbonyl (C=O) groups excluding carboxylic acids is 1. The highest BCUT2D eigenvalue weighted by Gasteiger charge is 2.13. The van der Waals surface area contributed by atoms with Crippen molar-refractivity contribution >= 4 is 29.3 Å². The Hall–Kier alpha value is -1.45. The maximum atomic E-state index is 12.2. The van der Waals surface area contributed by atoms with E-state index < -0.39 is 0 Å². The summed E-state index contributed by atoms with van der Waals surface area (Å²) < 4.78 is 0. The van der Waals surface area contributed by atoms with Gasteiger partial charge in [-0.3, -0.25) is 4.79 Å². The van der Waals surface area contributed by atoms with Crippen molar-refractivity contribution < 1.29 is 4.79 Å². The fourth-order valence-electron chi connectivity index (χ4n) is 2.48. The van der Waals surface area contributed by atoms with Gasteiger partial charge in [0.25, 0.3) is 0 Å². The molecule has 0 aliphatic heterocycles. The first-order valence-corrected chi connectivity index (χ1v) is 9.71. The number of nitrogens with one attached hydrogen (secondary N) is 1. The molecule has 0 radical (unpaired) electrons. The van der Waals surface area contributed by atoms with Crippen LogP contribution in [0, 0.1) is 13.8 Å². The highest BCUT2D eigenvalue weighted by atomic mass is 35.5. The van der Waals surface area contributed by atoms with Gasteiger partial charge in [0.15, 0.2) is 0 Å². The van der Waals surface area contributed by atoms with Crippen molar-refractivity contribution in [2.75, 3.05) is 5.75 Å². The quantitative estimate of drug-likeness (QED) is 0.709. The molecule has 0 saturated heterocycles. The molecule has 2 nitrogen and oxygen atoms in total. The molecule has 2 rings (SSSR count). The van der Waals surface area contributed by atoms with Crippen LogP contribution in [0.5, 0.6) is 0 Å². The summed E-state index contributed by atoms with van der Waals surface area (Å²) in [5, 5.41) is 3.88. The Balaban J connectivity index is 1.85. The number of hydrogen-bond acceptors (Lipinski definition) is 2. The summed E-state index contributed by atoms with van der Waals surface area (Å²) in [6.45, 7) is 6.31. The Labute approximate surface area is 154 Å². The molecule has 1 atom stereocenters. The van der Waals surface area contributed by atoms with E-state index in [1.807, 2.05) is 24.3 Å². The molecule has 1 amide bonds. The third-order valence-electron chi connectivity index (χ3n) is 4.09. The van der Waals surface area contributed by atoms with E-state index in [4.69, 9.17) is 11.6 Å². The van der Waals surface area contributed by atoms with Crippen LogP contribution in [0.4, 0.5) is 0 Å². The van der Waals surface area contributed by atoms with E-state index in [1.54, 1.807) is 11.8 Å². The van der Waals surface area contributed by atoms with Gasteiger partial charge in [-0.1, -0.05) is 48.9 Å². The predicted octanol–water partition coefficient (Wildman–Crippen LogP) is 5.46. The molecule has 0 aromatic heterocycles. The molecule has 24 heavy (non-hydrogen) atoms. The topological polar surface area (TPSA) is 29.1 Å². The molecule has 128 valence electrons. The monoisotopic (exact) mass is 361 g/mol. The number of hydrogen-bond donors (Lipinski definition) is 1. The fraction of sp³-hybridized carbons (Fsp3) is 0.350. The molecule has 0 aliphatic carbocycles. The average Bonchev–Trinajstić information content (AvgIpc) is 2.57. The minimum absolute atomic E-state index is 0.0768. The second-order valence-electron chi connectivity index (χ2n) is 5.99. The molecule has 0 bridgehead atoms. The minimum Gasteiger partial charge on any atom is -0.349 e. The van der Waals surface area contributed by atoms with Crippen LogP contribution in [0.25, 0.3) is 0 Å². The maximum absolute atomic E-state index is 12.2. The molecule has 0 unspecified atom stereocenters.